The molecule has 2 amide bonds. The lowest BCUT2D eigenvalue weighted by Gasteiger charge is -2.16. The Morgan fingerprint density at radius 2 is 1.89 bits per heavy atom. The van der Waals surface area contributed by atoms with E-state index in [9.17, 15) is 19.2 Å². The van der Waals surface area contributed by atoms with Crippen LogP contribution in [0, 0.1) is 0 Å². The van der Waals surface area contributed by atoms with Crippen molar-refractivity contribution in [2.24, 2.45) is 0 Å². The maximum Gasteiger partial charge on any atom is 0.305 e. The van der Waals surface area contributed by atoms with E-state index < -0.39 is 36.3 Å². The molecule has 2 rings (SSSR count). The summed E-state index contributed by atoms with van der Waals surface area (Å²) in [6.45, 7) is 1.43. The maximum atomic E-state index is 12.2. The number of carboxylic acid groups (broad SMARTS) is 1. The van der Waals surface area contributed by atoms with Crippen LogP contribution in [0.15, 0.2) is 36.5 Å². The third-order valence-electron chi connectivity index (χ3n) is 4.00. The minimum Gasteiger partial charge on any atom is -0.481 e. The normalized spacial score (nSPS) is 12.6. The summed E-state index contributed by atoms with van der Waals surface area (Å²) < 4.78 is 0. The fourth-order valence-corrected chi connectivity index (χ4v) is 2.48. The standard InChI is InChI=1S/C19H22N4O5/c1-12(18(27)23-15(11-24)9-16(25)26)21-19(28)17-20-10-14(22-17)8-7-13-5-3-2-4-6-13/h2-6,10-12,15H,7-9H2,1H3,(H,20,22)(H,21,28)(H,23,27)(H,25,26). The highest BCUT2D eigenvalue weighted by Gasteiger charge is 2.22. The number of amides is 2. The van der Waals surface area contributed by atoms with Gasteiger partial charge in [0, 0.05) is 11.9 Å². The summed E-state index contributed by atoms with van der Waals surface area (Å²) in [5.74, 6) is -2.38. The summed E-state index contributed by atoms with van der Waals surface area (Å²) in [5.41, 5.74) is 1.95. The summed E-state index contributed by atoms with van der Waals surface area (Å²) >= 11 is 0. The van der Waals surface area contributed by atoms with Crippen molar-refractivity contribution in [2.75, 3.05) is 0 Å². The monoisotopic (exact) mass is 386 g/mol. The molecular formula is C19H22N4O5. The fourth-order valence-electron chi connectivity index (χ4n) is 2.48. The van der Waals surface area contributed by atoms with Gasteiger partial charge in [0.25, 0.3) is 5.91 Å². The number of benzene rings is 1. The van der Waals surface area contributed by atoms with Crippen LogP contribution in [0.3, 0.4) is 0 Å². The number of aliphatic carboxylic acids is 1. The van der Waals surface area contributed by atoms with E-state index >= 15 is 0 Å². The van der Waals surface area contributed by atoms with Crippen molar-refractivity contribution < 1.29 is 24.3 Å². The van der Waals surface area contributed by atoms with Crippen LogP contribution in [0.1, 0.15) is 35.2 Å². The third-order valence-corrected chi connectivity index (χ3v) is 4.00. The van der Waals surface area contributed by atoms with Crippen LogP contribution < -0.4 is 10.6 Å². The molecule has 0 saturated heterocycles. The van der Waals surface area contributed by atoms with E-state index in [-0.39, 0.29) is 5.82 Å². The second-order valence-electron chi connectivity index (χ2n) is 6.29. The summed E-state index contributed by atoms with van der Waals surface area (Å²) in [5, 5.41) is 13.4. The Hall–Kier alpha value is -3.49. The number of H-pyrrole nitrogens is 1. The Bertz CT molecular complexity index is 834. The average Bonchev–Trinajstić information content (AvgIpc) is 3.15. The molecule has 0 aliphatic carbocycles. The molecule has 0 aliphatic heterocycles. The second kappa shape index (κ2) is 10.0. The Labute approximate surface area is 161 Å². The van der Waals surface area contributed by atoms with Gasteiger partial charge in [-0.25, -0.2) is 4.98 Å². The first-order valence-corrected chi connectivity index (χ1v) is 8.75. The van der Waals surface area contributed by atoms with Crippen molar-refractivity contribution in [2.45, 2.75) is 38.3 Å². The van der Waals surface area contributed by atoms with Gasteiger partial charge in [-0.05, 0) is 25.3 Å². The van der Waals surface area contributed by atoms with Gasteiger partial charge in [-0.1, -0.05) is 30.3 Å². The number of nitrogens with one attached hydrogen (secondary N) is 3. The first-order chi connectivity index (χ1) is 13.4. The van der Waals surface area contributed by atoms with Gasteiger partial charge in [0.15, 0.2) is 5.82 Å². The van der Waals surface area contributed by atoms with Crippen LogP contribution in [0.4, 0.5) is 0 Å². The van der Waals surface area contributed by atoms with Crippen LogP contribution in [0.2, 0.25) is 0 Å². The van der Waals surface area contributed by atoms with Crippen molar-refractivity contribution in [3.8, 4) is 0 Å². The molecule has 2 atom stereocenters. The van der Waals surface area contributed by atoms with Crippen molar-refractivity contribution in [1.82, 2.24) is 20.6 Å². The minimum absolute atomic E-state index is 0.0696. The average molecular weight is 386 g/mol. The fraction of sp³-hybridized carbons (Fsp3) is 0.316. The molecule has 9 nitrogen and oxygen atoms in total. The smallest absolute Gasteiger partial charge is 0.305 e. The lowest BCUT2D eigenvalue weighted by atomic mass is 10.1. The Morgan fingerprint density at radius 3 is 2.54 bits per heavy atom. The van der Waals surface area contributed by atoms with Gasteiger partial charge in [-0.15, -0.1) is 0 Å². The molecule has 1 aromatic heterocycles. The molecular weight excluding hydrogens is 364 g/mol. The van der Waals surface area contributed by atoms with Crippen molar-refractivity contribution >= 4 is 24.1 Å². The number of carbonyl (C=O) groups is 4. The topological polar surface area (TPSA) is 141 Å². The van der Waals surface area contributed by atoms with Gasteiger partial charge in [0.2, 0.25) is 5.91 Å². The van der Waals surface area contributed by atoms with Crippen molar-refractivity contribution in [3.05, 3.63) is 53.6 Å². The van der Waals surface area contributed by atoms with Crippen molar-refractivity contribution in [1.29, 1.82) is 0 Å². The molecule has 2 aromatic rings. The highest BCUT2D eigenvalue weighted by Crippen LogP contribution is 2.06. The van der Waals surface area contributed by atoms with Crippen LogP contribution in [-0.4, -0.2) is 51.2 Å². The molecule has 0 saturated carbocycles. The molecule has 0 fully saturated rings. The Morgan fingerprint density at radius 1 is 1.18 bits per heavy atom. The first-order valence-electron chi connectivity index (χ1n) is 8.75. The van der Waals surface area contributed by atoms with Crippen LogP contribution in [0.25, 0.3) is 0 Å². The molecule has 1 aromatic carbocycles. The highest BCUT2D eigenvalue weighted by atomic mass is 16.4. The van der Waals surface area contributed by atoms with Gasteiger partial charge < -0.3 is 25.5 Å². The lowest BCUT2D eigenvalue weighted by Crippen LogP contribution is -2.49. The molecule has 0 bridgehead atoms. The summed E-state index contributed by atoms with van der Waals surface area (Å²) in [7, 11) is 0. The number of aromatic nitrogens is 2. The number of aldehydes is 1. The first kappa shape index (κ1) is 20.8. The Balaban J connectivity index is 1.86. The largest absolute Gasteiger partial charge is 0.481 e. The van der Waals surface area contributed by atoms with E-state index in [2.05, 4.69) is 20.6 Å². The van der Waals surface area contributed by atoms with E-state index in [1.54, 1.807) is 6.20 Å². The molecule has 0 spiro atoms. The van der Waals surface area contributed by atoms with E-state index in [0.717, 1.165) is 12.1 Å². The SMILES string of the molecule is CC(NC(=O)c1ncc(CCc2ccccc2)[nH]1)C(=O)NC(C=O)CC(=O)O. The lowest BCUT2D eigenvalue weighted by molar-refractivity contribution is -0.138. The molecule has 148 valence electrons. The molecule has 28 heavy (non-hydrogen) atoms. The van der Waals surface area contributed by atoms with Gasteiger partial charge in [-0.2, -0.15) is 0 Å². The molecule has 0 aliphatic rings. The quantitative estimate of drug-likeness (QED) is 0.438. The van der Waals surface area contributed by atoms with E-state index in [1.165, 1.54) is 12.5 Å². The van der Waals surface area contributed by atoms with Gasteiger partial charge in [0.1, 0.15) is 12.3 Å². The number of aromatic amines is 1. The van der Waals surface area contributed by atoms with Gasteiger partial charge >= 0.3 is 5.97 Å². The Kier molecular flexibility index (Phi) is 7.44. The predicted molar refractivity (Wildman–Crippen MR) is 99.6 cm³/mol. The summed E-state index contributed by atoms with van der Waals surface area (Å²) in [6.07, 6.45) is 2.85. The van der Waals surface area contributed by atoms with Gasteiger partial charge in [-0.3, -0.25) is 14.4 Å². The highest BCUT2D eigenvalue weighted by molar-refractivity contribution is 5.95. The zero-order chi connectivity index (χ0) is 20.5. The second-order valence-corrected chi connectivity index (χ2v) is 6.29. The van der Waals surface area contributed by atoms with E-state index in [1.807, 2.05) is 30.3 Å². The number of carboxylic acids is 1. The number of hydrogen-bond donors (Lipinski definition) is 4. The predicted octanol–water partition coefficient (Wildman–Crippen LogP) is 0.472. The third kappa shape index (κ3) is 6.35. The maximum absolute atomic E-state index is 12.2. The molecule has 2 unspecified atom stereocenters. The van der Waals surface area contributed by atoms with Gasteiger partial charge in [0.05, 0.1) is 12.5 Å². The number of carbonyl (C=O) groups excluding carboxylic acids is 3. The minimum atomic E-state index is -1.22. The number of nitrogens with zero attached hydrogens (tertiary/aromatic N) is 1. The molecule has 9 heteroatoms. The number of aryl methyl sites for hydroxylation is 2. The summed E-state index contributed by atoms with van der Waals surface area (Å²) in [6, 6.07) is 7.76. The van der Waals surface area contributed by atoms with E-state index in [4.69, 9.17) is 5.11 Å². The summed E-state index contributed by atoms with van der Waals surface area (Å²) in [4.78, 5) is 52.7. The number of hydrogen-bond acceptors (Lipinski definition) is 5. The van der Waals surface area contributed by atoms with Crippen LogP contribution in [0.5, 0.6) is 0 Å². The number of imidazole rings is 1. The van der Waals surface area contributed by atoms with Crippen LogP contribution >= 0.6 is 0 Å². The van der Waals surface area contributed by atoms with E-state index in [0.29, 0.717) is 12.7 Å². The van der Waals surface area contributed by atoms with Crippen LogP contribution in [-0.2, 0) is 27.2 Å². The molecule has 1 heterocycles. The zero-order valence-corrected chi connectivity index (χ0v) is 15.3. The number of rotatable bonds is 10. The van der Waals surface area contributed by atoms with Crippen molar-refractivity contribution in [3.63, 3.8) is 0 Å². The molecule has 0 radical (unpaired) electrons. The zero-order valence-electron chi connectivity index (χ0n) is 15.3. The molecule has 4 N–H and O–H groups in total.